The molecule has 0 aromatic heterocycles. The van der Waals surface area contributed by atoms with Crippen molar-refractivity contribution in [2.45, 2.75) is 13.3 Å². The summed E-state index contributed by atoms with van der Waals surface area (Å²) < 4.78 is 0. The molecule has 1 unspecified atom stereocenters. The van der Waals surface area contributed by atoms with Crippen molar-refractivity contribution in [3.05, 3.63) is 0 Å². The fourth-order valence-electron chi connectivity index (χ4n) is 0.287. The molecule has 0 heterocycles. The van der Waals surface area contributed by atoms with Crippen LogP contribution in [0.4, 0.5) is 0 Å². The number of carboxylic acid groups (broad SMARTS) is 1. The van der Waals surface area contributed by atoms with E-state index in [4.69, 9.17) is 16.7 Å². The first-order valence-electron chi connectivity index (χ1n) is 2.47. The minimum Gasteiger partial charge on any atom is -1.00 e. The molecule has 4 heteroatoms. The van der Waals surface area contributed by atoms with Gasteiger partial charge in [0.25, 0.3) is 0 Å². The third-order valence-electron chi connectivity index (χ3n) is 0.964. The molecule has 0 bridgehead atoms. The average Bonchev–Trinajstić information content (AvgIpc) is 1.67. The van der Waals surface area contributed by atoms with Gasteiger partial charge >= 0.3 is 35.5 Å². The van der Waals surface area contributed by atoms with Gasteiger partial charge in [-0.1, -0.05) is 6.92 Å². The summed E-state index contributed by atoms with van der Waals surface area (Å²) in [4.78, 5) is 10.0. The second kappa shape index (κ2) is 6.87. The second-order valence-corrected chi connectivity index (χ2v) is 2.09. The van der Waals surface area contributed by atoms with Crippen molar-refractivity contribution in [1.29, 1.82) is 0 Å². The van der Waals surface area contributed by atoms with E-state index in [9.17, 15) is 4.79 Å². The van der Waals surface area contributed by atoms with Crippen LogP contribution in [0, 0.1) is 5.92 Å². The van der Waals surface area contributed by atoms with Crippen molar-refractivity contribution >= 4 is 17.6 Å². The van der Waals surface area contributed by atoms with Crippen molar-refractivity contribution < 1.29 is 40.9 Å². The fraction of sp³-hybridized carbons (Fsp3) is 0.800. The molecule has 0 aliphatic carbocycles. The minimum absolute atomic E-state index is 0. The number of rotatable bonds is 3. The number of hydrogen-bond donors (Lipinski definition) is 1. The molecule has 0 aromatic rings. The monoisotopic (exact) mass is 160 g/mol. The summed E-state index contributed by atoms with van der Waals surface area (Å²) in [5.74, 6) is -0.647. The SMILES string of the molecule is CC(CCCl)C(=O)O.[H-].[Na+]. The Morgan fingerprint density at radius 1 is 1.89 bits per heavy atom. The molecule has 0 aromatic carbocycles. The molecular formula is C5H10ClNaO2. The van der Waals surface area contributed by atoms with Gasteiger partial charge in [-0.3, -0.25) is 4.79 Å². The maximum absolute atomic E-state index is 10.0. The molecule has 0 saturated heterocycles. The van der Waals surface area contributed by atoms with Crippen LogP contribution in [-0.2, 0) is 4.79 Å². The molecule has 0 fully saturated rings. The summed E-state index contributed by atoms with van der Waals surface area (Å²) in [7, 11) is 0. The maximum Gasteiger partial charge on any atom is 1.00 e. The Balaban J connectivity index is -0.000000245. The van der Waals surface area contributed by atoms with E-state index in [1.807, 2.05) is 0 Å². The zero-order valence-corrected chi connectivity index (χ0v) is 8.48. The van der Waals surface area contributed by atoms with Gasteiger partial charge in [-0.25, -0.2) is 0 Å². The molecule has 0 spiro atoms. The Labute approximate surface area is 83.4 Å². The van der Waals surface area contributed by atoms with Crippen LogP contribution in [0.1, 0.15) is 14.8 Å². The zero-order chi connectivity index (χ0) is 6.57. The van der Waals surface area contributed by atoms with Crippen LogP contribution in [0.3, 0.4) is 0 Å². The van der Waals surface area contributed by atoms with Gasteiger partial charge in [0.2, 0.25) is 0 Å². The van der Waals surface area contributed by atoms with E-state index in [2.05, 4.69) is 0 Å². The Bertz CT molecular complexity index is 91.7. The van der Waals surface area contributed by atoms with Gasteiger partial charge in [-0.2, -0.15) is 0 Å². The van der Waals surface area contributed by atoms with Crippen LogP contribution in [0.2, 0.25) is 0 Å². The number of carboxylic acids is 1. The van der Waals surface area contributed by atoms with Crippen LogP contribution < -0.4 is 29.6 Å². The molecule has 0 aliphatic heterocycles. The smallest absolute Gasteiger partial charge is 1.00 e. The molecule has 2 nitrogen and oxygen atoms in total. The topological polar surface area (TPSA) is 37.3 Å². The van der Waals surface area contributed by atoms with E-state index in [0.717, 1.165) is 0 Å². The second-order valence-electron chi connectivity index (χ2n) is 1.72. The van der Waals surface area contributed by atoms with E-state index in [-0.39, 0.29) is 36.9 Å². The van der Waals surface area contributed by atoms with Gasteiger partial charge in [-0.15, -0.1) is 11.6 Å². The zero-order valence-electron chi connectivity index (χ0n) is 6.72. The van der Waals surface area contributed by atoms with Gasteiger partial charge in [0.1, 0.15) is 0 Å². The number of aliphatic carboxylic acids is 1. The molecule has 50 valence electrons. The molecule has 0 aliphatic rings. The van der Waals surface area contributed by atoms with Crippen molar-refractivity contribution in [1.82, 2.24) is 0 Å². The minimum atomic E-state index is -0.773. The molecule has 9 heavy (non-hydrogen) atoms. The summed E-state index contributed by atoms with van der Waals surface area (Å²) >= 11 is 5.28. The van der Waals surface area contributed by atoms with Gasteiger partial charge in [-0.05, 0) is 6.42 Å². The quantitative estimate of drug-likeness (QED) is 0.401. The van der Waals surface area contributed by atoms with Gasteiger partial charge in [0.05, 0.1) is 5.92 Å². The van der Waals surface area contributed by atoms with Crippen LogP contribution in [0.25, 0.3) is 0 Å². The standard InChI is InChI=1S/C5H9ClO2.Na.H/c1-4(2-3-6)5(7)8;;/h4H,2-3H2,1H3,(H,7,8);;/q;+1;-1. The molecule has 1 atom stereocenters. The number of carbonyl (C=O) groups is 1. The van der Waals surface area contributed by atoms with E-state index in [1.54, 1.807) is 6.92 Å². The fourth-order valence-corrected chi connectivity index (χ4v) is 0.614. The molecular weight excluding hydrogens is 150 g/mol. The van der Waals surface area contributed by atoms with Gasteiger partial charge in [0, 0.05) is 5.88 Å². The Morgan fingerprint density at radius 2 is 2.33 bits per heavy atom. The molecule has 0 radical (unpaired) electrons. The van der Waals surface area contributed by atoms with Crippen molar-refractivity contribution in [2.75, 3.05) is 5.88 Å². The number of alkyl halides is 1. The Hall–Kier alpha value is 0.760. The first-order chi connectivity index (χ1) is 3.68. The van der Waals surface area contributed by atoms with Crippen molar-refractivity contribution in [2.24, 2.45) is 5.92 Å². The average molecular weight is 161 g/mol. The van der Waals surface area contributed by atoms with Gasteiger partial charge < -0.3 is 6.53 Å². The number of hydrogen-bond acceptors (Lipinski definition) is 1. The summed E-state index contributed by atoms with van der Waals surface area (Å²) in [5.41, 5.74) is 0. The van der Waals surface area contributed by atoms with Crippen LogP contribution in [0.5, 0.6) is 0 Å². The first-order valence-corrected chi connectivity index (χ1v) is 3.00. The first kappa shape index (κ1) is 12.4. The predicted octanol–water partition coefficient (Wildman–Crippen LogP) is -1.55. The predicted molar refractivity (Wildman–Crippen MR) is 33.2 cm³/mol. The van der Waals surface area contributed by atoms with Crippen LogP contribution >= 0.6 is 11.6 Å². The van der Waals surface area contributed by atoms with E-state index in [1.165, 1.54) is 0 Å². The Kier molecular flexibility index (Phi) is 9.50. The Morgan fingerprint density at radius 3 is 2.44 bits per heavy atom. The van der Waals surface area contributed by atoms with Gasteiger partial charge in [0.15, 0.2) is 0 Å². The molecule has 0 amide bonds. The maximum atomic E-state index is 10.0. The molecule has 0 saturated carbocycles. The normalized spacial score (nSPS) is 11.8. The summed E-state index contributed by atoms with van der Waals surface area (Å²) in [6.07, 6.45) is 0.552. The van der Waals surface area contributed by atoms with Crippen molar-refractivity contribution in [3.8, 4) is 0 Å². The third kappa shape index (κ3) is 6.65. The largest absolute Gasteiger partial charge is 1.00 e. The van der Waals surface area contributed by atoms with Crippen LogP contribution in [-0.4, -0.2) is 17.0 Å². The summed E-state index contributed by atoms with van der Waals surface area (Å²) in [5, 5.41) is 8.25. The van der Waals surface area contributed by atoms with Crippen molar-refractivity contribution in [3.63, 3.8) is 0 Å². The third-order valence-corrected chi connectivity index (χ3v) is 1.18. The van der Waals surface area contributed by atoms with E-state index >= 15 is 0 Å². The van der Waals surface area contributed by atoms with E-state index < -0.39 is 5.97 Å². The number of halogens is 1. The van der Waals surface area contributed by atoms with Crippen LogP contribution in [0.15, 0.2) is 0 Å². The van der Waals surface area contributed by atoms with E-state index in [0.29, 0.717) is 12.3 Å². The molecule has 1 N–H and O–H groups in total. The summed E-state index contributed by atoms with van der Waals surface area (Å²) in [6.45, 7) is 1.64. The molecule has 0 rings (SSSR count). The summed E-state index contributed by atoms with van der Waals surface area (Å²) in [6, 6.07) is 0.